The van der Waals surface area contributed by atoms with Gasteiger partial charge in [0, 0.05) is 6.61 Å². The quantitative estimate of drug-likeness (QED) is 0.172. The Morgan fingerprint density at radius 1 is 0.423 bits per heavy atom. The molecule has 2 nitrogen and oxygen atoms in total. The van der Waals surface area contributed by atoms with Crippen molar-refractivity contribution in [3.8, 4) is 0 Å². The maximum Gasteiger partial charge on any atom is 0.0431 e. The molecule has 0 saturated heterocycles. The predicted molar refractivity (Wildman–Crippen MR) is 120 cm³/mol. The highest BCUT2D eigenvalue weighted by atomic mass is 16.2. The van der Waals surface area contributed by atoms with E-state index in [0.717, 1.165) is 6.42 Å². The summed E-state index contributed by atoms with van der Waals surface area (Å²) in [4.78, 5) is 0. The molecule has 3 N–H and O–H groups in total. The van der Waals surface area contributed by atoms with Crippen molar-refractivity contribution >= 4 is 0 Å². The van der Waals surface area contributed by atoms with Crippen LogP contribution in [-0.2, 0) is 0 Å². The highest BCUT2D eigenvalue weighted by Crippen LogP contribution is 2.14. The van der Waals surface area contributed by atoms with Gasteiger partial charge in [0.05, 0.1) is 0 Å². The van der Waals surface area contributed by atoms with Crippen molar-refractivity contribution in [2.24, 2.45) is 0 Å². The van der Waals surface area contributed by atoms with Crippen molar-refractivity contribution < 1.29 is 10.6 Å². The fraction of sp³-hybridized carbons (Fsp3) is 0.917. The Balaban J connectivity index is -0.00000170. The standard InChI is InChI=1S/C22H46O.C2H4.H2O/c1-2-3-4-5-6-7-8-9-10-11-12-13-14-15-16-17-18-19-20-21-22-23;1-2;/h23H,2-22H2,1H3;1-2H2;1H2. The molecule has 0 fully saturated rings. The van der Waals surface area contributed by atoms with Crippen molar-refractivity contribution in [1.29, 1.82) is 0 Å². The highest BCUT2D eigenvalue weighted by molar-refractivity contribution is 4.50. The number of unbranched alkanes of at least 4 members (excludes halogenated alkanes) is 19. The number of hydrogen-bond donors (Lipinski definition) is 1. The lowest BCUT2D eigenvalue weighted by atomic mass is 10.0. The Labute approximate surface area is 166 Å². The fourth-order valence-electron chi connectivity index (χ4n) is 3.37. The lowest BCUT2D eigenvalue weighted by Gasteiger charge is -2.03. The smallest absolute Gasteiger partial charge is 0.0431 e. The summed E-state index contributed by atoms with van der Waals surface area (Å²) in [5, 5.41) is 8.71. The normalized spacial score (nSPS) is 10.1. The van der Waals surface area contributed by atoms with Gasteiger partial charge in [0.25, 0.3) is 0 Å². The molecular weight excluding hydrogens is 320 g/mol. The van der Waals surface area contributed by atoms with Crippen LogP contribution in [0.25, 0.3) is 0 Å². The molecule has 0 aromatic carbocycles. The lowest BCUT2D eigenvalue weighted by Crippen LogP contribution is -1.85. The Hall–Kier alpha value is -0.340. The van der Waals surface area contributed by atoms with E-state index in [1.807, 2.05) is 0 Å². The predicted octanol–water partition coefficient (Wildman–Crippen LogP) is 7.78. The van der Waals surface area contributed by atoms with Gasteiger partial charge in [-0.15, -0.1) is 13.2 Å². The minimum absolute atomic E-state index is 0. The molecule has 0 aliphatic carbocycles. The van der Waals surface area contributed by atoms with Crippen molar-refractivity contribution in [2.75, 3.05) is 6.61 Å². The molecule has 0 aliphatic rings. The topological polar surface area (TPSA) is 51.7 Å². The average molecular weight is 373 g/mol. The van der Waals surface area contributed by atoms with Crippen molar-refractivity contribution in [2.45, 2.75) is 135 Å². The number of aliphatic hydroxyl groups is 1. The third kappa shape index (κ3) is 31.4. The van der Waals surface area contributed by atoms with Gasteiger partial charge in [-0.1, -0.05) is 129 Å². The van der Waals surface area contributed by atoms with Crippen LogP contribution in [0.5, 0.6) is 0 Å². The second-order valence-corrected chi connectivity index (χ2v) is 7.44. The first kappa shape index (κ1) is 30.4. The average Bonchev–Trinajstić information content (AvgIpc) is 2.65. The zero-order chi connectivity index (χ0) is 18.8. The Morgan fingerprint density at radius 3 is 0.808 bits per heavy atom. The molecule has 0 amide bonds. The minimum Gasteiger partial charge on any atom is -0.412 e. The summed E-state index contributed by atoms with van der Waals surface area (Å²) in [5.74, 6) is 0. The van der Waals surface area contributed by atoms with E-state index in [1.165, 1.54) is 122 Å². The van der Waals surface area contributed by atoms with Gasteiger partial charge >= 0.3 is 0 Å². The molecular formula is C24H52O2. The summed E-state index contributed by atoms with van der Waals surface area (Å²) >= 11 is 0. The van der Waals surface area contributed by atoms with Crippen molar-refractivity contribution in [3.05, 3.63) is 13.2 Å². The Kier molecular flexibility index (Phi) is 37.8. The maximum absolute atomic E-state index is 8.71. The van der Waals surface area contributed by atoms with Crippen LogP contribution in [-0.4, -0.2) is 17.2 Å². The molecule has 160 valence electrons. The largest absolute Gasteiger partial charge is 0.412 e. The molecule has 0 bridgehead atoms. The molecule has 0 saturated carbocycles. The van der Waals surface area contributed by atoms with Gasteiger partial charge in [-0.2, -0.15) is 0 Å². The Bertz CT molecular complexity index is 186. The Morgan fingerprint density at radius 2 is 0.615 bits per heavy atom. The van der Waals surface area contributed by atoms with Crippen LogP contribution >= 0.6 is 0 Å². The molecule has 0 aromatic heterocycles. The molecule has 0 atom stereocenters. The second-order valence-electron chi connectivity index (χ2n) is 7.44. The van der Waals surface area contributed by atoms with E-state index in [1.54, 1.807) is 0 Å². The van der Waals surface area contributed by atoms with E-state index >= 15 is 0 Å². The van der Waals surface area contributed by atoms with E-state index < -0.39 is 0 Å². The molecule has 0 heterocycles. The first-order valence-corrected chi connectivity index (χ1v) is 11.5. The summed E-state index contributed by atoms with van der Waals surface area (Å²) in [5.41, 5.74) is 0. The van der Waals surface area contributed by atoms with Crippen molar-refractivity contribution in [1.82, 2.24) is 0 Å². The van der Waals surface area contributed by atoms with Crippen LogP contribution in [0.2, 0.25) is 0 Å². The van der Waals surface area contributed by atoms with Crippen LogP contribution in [0.15, 0.2) is 13.2 Å². The number of aliphatic hydroxyl groups excluding tert-OH is 1. The zero-order valence-electron chi connectivity index (χ0n) is 18.2. The van der Waals surface area contributed by atoms with E-state index in [4.69, 9.17) is 5.11 Å². The van der Waals surface area contributed by atoms with E-state index in [-0.39, 0.29) is 5.48 Å². The fourth-order valence-corrected chi connectivity index (χ4v) is 3.37. The molecule has 2 heteroatoms. The molecule has 0 rings (SSSR count). The van der Waals surface area contributed by atoms with Crippen LogP contribution in [0.3, 0.4) is 0 Å². The zero-order valence-corrected chi connectivity index (χ0v) is 18.2. The molecule has 26 heavy (non-hydrogen) atoms. The summed E-state index contributed by atoms with van der Waals surface area (Å²) < 4.78 is 0. The SMILES string of the molecule is C=C.CCCCCCCCCCCCCCCCCCCCCCO.O. The van der Waals surface area contributed by atoms with E-state index in [2.05, 4.69) is 20.1 Å². The molecule has 0 aliphatic heterocycles. The van der Waals surface area contributed by atoms with Crippen LogP contribution in [0.4, 0.5) is 0 Å². The highest BCUT2D eigenvalue weighted by Gasteiger charge is 1.95. The van der Waals surface area contributed by atoms with E-state index in [0.29, 0.717) is 6.61 Å². The van der Waals surface area contributed by atoms with Gasteiger partial charge in [-0.3, -0.25) is 0 Å². The van der Waals surface area contributed by atoms with E-state index in [9.17, 15) is 0 Å². The van der Waals surface area contributed by atoms with Gasteiger partial charge in [-0.05, 0) is 6.42 Å². The summed E-state index contributed by atoms with van der Waals surface area (Å²) in [6.07, 6.45) is 28.1. The number of hydrogen-bond acceptors (Lipinski definition) is 1. The van der Waals surface area contributed by atoms with Crippen LogP contribution < -0.4 is 0 Å². The second kappa shape index (κ2) is 32.3. The third-order valence-corrected chi connectivity index (χ3v) is 5.01. The molecule has 0 radical (unpaired) electrons. The summed E-state index contributed by atoms with van der Waals surface area (Å²) in [6, 6.07) is 0. The maximum atomic E-state index is 8.71. The first-order valence-electron chi connectivity index (χ1n) is 11.5. The molecule has 0 spiro atoms. The van der Waals surface area contributed by atoms with Crippen LogP contribution in [0.1, 0.15) is 135 Å². The minimum atomic E-state index is 0. The number of rotatable bonds is 20. The third-order valence-electron chi connectivity index (χ3n) is 5.01. The van der Waals surface area contributed by atoms with Crippen molar-refractivity contribution in [3.63, 3.8) is 0 Å². The molecule has 0 unspecified atom stereocenters. The van der Waals surface area contributed by atoms with Gasteiger partial charge in [-0.25, -0.2) is 0 Å². The molecule has 0 aromatic rings. The summed E-state index contributed by atoms with van der Waals surface area (Å²) in [7, 11) is 0. The lowest BCUT2D eigenvalue weighted by molar-refractivity contribution is 0.282. The van der Waals surface area contributed by atoms with Gasteiger partial charge in [0.2, 0.25) is 0 Å². The summed E-state index contributed by atoms with van der Waals surface area (Å²) in [6.45, 7) is 8.67. The van der Waals surface area contributed by atoms with Gasteiger partial charge in [0.1, 0.15) is 0 Å². The van der Waals surface area contributed by atoms with Gasteiger partial charge < -0.3 is 10.6 Å². The first-order chi connectivity index (χ1) is 12.4. The van der Waals surface area contributed by atoms with Gasteiger partial charge in [0.15, 0.2) is 0 Å². The van der Waals surface area contributed by atoms with Crippen LogP contribution in [0, 0.1) is 0 Å². The monoisotopic (exact) mass is 372 g/mol.